The van der Waals surface area contributed by atoms with Gasteiger partial charge in [0.15, 0.2) is 0 Å². The van der Waals surface area contributed by atoms with Gasteiger partial charge in [-0.15, -0.1) is 11.3 Å². The lowest BCUT2D eigenvalue weighted by atomic mass is 9.83. The van der Waals surface area contributed by atoms with E-state index in [4.69, 9.17) is 4.98 Å². The Labute approximate surface area is 201 Å². The molecule has 2 fully saturated rings. The molecule has 1 saturated carbocycles. The van der Waals surface area contributed by atoms with Crippen LogP contribution in [0.4, 0.5) is 4.39 Å². The van der Waals surface area contributed by atoms with Gasteiger partial charge in [0, 0.05) is 30.9 Å². The van der Waals surface area contributed by atoms with Gasteiger partial charge in [0.05, 0.1) is 17.8 Å². The van der Waals surface area contributed by atoms with Crippen molar-refractivity contribution in [2.75, 3.05) is 20.1 Å². The van der Waals surface area contributed by atoms with E-state index in [2.05, 4.69) is 27.8 Å². The largest absolute Gasteiger partial charge is 0.332 e. The predicted molar refractivity (Wildman–Crippen MR) is 132 cm³/mol. The first-order valence-corrected chi connectivity index (χ1v) is 13.3. The lowest BCUT2D eigenvalue weighted by Crippen LogP contribution is -2.53. The Balaban J connectivity index is 1.46. The molecule has 33 heavy (non-hydrogen) atoms. The SMILES string of the molecule is CN[C@@H](C)CN[C@H](C(=O)N1CCC[C@H]1c1nc(Cc2ccc(F)cc2)cs1)C1CCCCC1. The Hall–Kier alpha value is -1.83. The van der Waals surface area contributed by atoms with Crippen molar-refractivity contribution in [3.05, 3.63) is 51.7 Å². The first-order valence-electron chi connectivity index (χ1n) is 12.4. The Morgan fingerprint density at radius 1 is 1.18 bits per heavy atom. The molecule has 2 aliphatic rings. The minimum Gasteiger partial charge on any atom is -0.332 e. The fraction of sp³-hybridized carbons (Fsp3) is 0.615. The highest BCUT2D eigenvalue weighted by Gasteiger charge is 2.38. The molecule has 1 aliphatic carbocycles. The number of likely N-dealkylation sites (tertiary alicyclic amines) is 1. The number of hydrogen-bond acceptors (Lipinski definition) is 5. The molecule has 0 bridgehead atoms. The average molecular weight is 473 g/mol. The highest BCUT2D eigenvalue weighted by atomic mass is 32.1. The van der Waals surface area contributed by atoms with Crippen molar-refractivity contribution in [2.24, 2.45) is 5.92 Å². The molecule has 2 N–H and O–H groups in total. The highest BCUT2D eigenvalue weighted by molar-refractivity contribution is 7.09. The van der Waals surface area contributed by atoms with Crippen molar-refractivity contribution in [3.63, 3.8) is 0 Å². The minimum absolute atomic E-state index is 0.0686. The van der Waals surface area contributed by atoms with Gasteiger partial charge in [0.2, 0.25) is 5.91 Å². The summed E-state index contributed by atoms with van der Waals surface area (Å²) in [5.74, 6) is 0.452. The van der Waals surface area contributed by atoms with Gasteiger partial charge in [-0.05, 0) is 63.3 Å². The van der Waals surface area contributed by atoms with Crippen LogP contribution < -0.4 is 10.6 Å². The summed E-state index contributed by atoms with van der Waals surface area (Å²) >= 11 is 1.65. The van der Waals surface area contributed by atoms with E-state index in [0.717, 1.165) is 55.0 Å². The number of amides is 1. The molecule has 5 nitrogen and oxygen atoms in total. The number of hydrogen-bond donors (Lipinski definition) is 2. The van der Waals surface area contributed by atoms with Gasteiger partial charge in [0.25, 0.3) is 0 Å². The van der Waals surface area contributed by atoms with E-state index >= 15 is 0 Å². The number of carbonyl (C=O) groups is 1. The Bertz CT molecular complexity index is 896. The quantitative estimate of drug-likeness (QED) is 0.556. The molecule has 1 aliphatic heterocycles. The molecule has 180 valence electrons. The van der Waals surface area contributed by atoms with Crippen LogP contribution in [0.2, 0.25) is 0 Å². The molecule has 2 heterocycles. The fourth-order valence-corrected chi connectivity index (χ4v) is 6.13. The molecule has 1 amide bonds. The van der Waals surface area contributed by atoms with Crippen LogP contribution in [-0.4, -0.2) is 48.0 Å². The molecule has 1 aromatic carbocycles. The van der Waals surface area contributed by atoms with E-state index < -0.39 is 0 Å². The van der Waals surface area contributed by atoms with Crippen LogP contribution in [0.1, 0.15) is 74.2 Å². The number of nitrogens with one attached hydrogen (secondary N) is 2. The summed E-state index contributed by atoms with van der Waals surface area (Å²) in [7, 11) is 1.96. The normalized spacial score (nSPS) is 21.3. The van der Waals surface area contributed by atoms with Gasteiger partial charge >= 0.3 is 0 Å². The van der Waals surface area contributed by atoms with Crippen LogP contribution in [0.5, 0.6) is 0 Å². The summed E-state index contributed by atoms with van der Waals surface area (Å²) in [4.78, 5) is 20.8. The molecule has 3 atom stereocenters. The highest BCUT2D eigenvalue weighted by Crippen LogP contribution is 2.36. The summed E-state index contributed by atoms with van der Waals surface area (Å²) < 4.78 is 13.2. The maximum absolute atomic E-state index is 13.8. The van der Waals surface area contributed by atoms with Crippen LogP contribution in [0.3, 0.4) is 0 Å². The number of aromatic nitrogens is 1. The second kappa shape index (κ2) is 11.5. The lowest BCUT2D eigenvalue weighted by molar-refractivity contribution is -0.136. The Morgan fingerprint density at radius 2 is 1.94 bits per heavy atom. The summed E-state index contributed by atoms with van der Waals surface area (Å²) in [6.07, 6.45) is 8.68. The monoisotopic (exact) mass is 472 g/mol. The van der Waals surface area contributed by atoms with Crippen molar-refractivity contribution in [1.82, 2.24) is 20.5 Å². The van der Waals surface area contributed by atoms with Gasteiger partial charge in [-0.3, -0.25) is 4.79 Å². The maximum Gasteiger partial charge on any atom is 0.240 e. The van der Waals surface area contributed by atoms with E-state index in [1.165, 1.54) is 31.4 Å². The first kappa shape index (κ1) is 24.3. The van der Waals surface area contributed by atoms with Crippen LogP contribution in [0, 0.1) is 11.7 Å². The van der Waals surface area contributed by atoms with Gasteiger partial charge in [-0.2, -0.15) is 0 Å². The van der Waals surface area contributed by atoms with E-state index in [-0.39, 0.29) is 23.8 Å². The van der Waals surface area contributed by atoms with Gasteiger partial charge in [-0.1, -0.05) is 31.4 Å². The summed E-state index contributed by atoms with van der Waals surface area (Å²) in [5.41, 5.74) is 2.04. The van der Waals surface area contributed by atoms with E-state index in [0.29, 0.717) is 18.4 Å². The third-order valence-electron chi connectivity index (χ3n) is 7.21. The predicted octanol–water partition coefficient (Wildman–Crippen LogP) is 4.68. The molecule has 0 unspecified atom stereocenters. The lowest BCUT2D eigenvalue weighted by Gasteiger charge is -2.35. The third kappa shape index (κ3) is 6.19. The number of likely N-dealkylation sites (N-methyl/N-ethyl adjacent to an activating group) is 1. The van der Waals surface area contributed by atoms with E-state index in [1.54, 1.807) is 11.3 Å². The molecule has 1 saturated heterocycles. The minimum atomic E-state index is -0.219. The zero-order chi connectivity index (χ0) is 23.2. The van der Waals surface area contributed by atoms with Crippen LogP contribution in [0.15, 0.2) is 29.6 Å². The summed E-state index contributed by atoms with van der Waals surface area (Å²) in [6, 6.07) is 6.89. The number of carbonyl (C=O) groups excluding carboxylic acids is 1. The van der Waals surface area contributed by atoms with Crippen molar-refractivity contribution in [1.29, 1.82) is 0 Å². The zero-order valence-electron chi connectivity index (χ0n) is 19.9. The number of nitrogens with zero attached hydrogens (tertiary/aromatic N) is 2. The number of benzene rings is 1. The van der Waals surface area contributed by atoms with Crippen LogP contribution in [0.25, 0.3) is 0 Å². The standard InChI is InChI=1S/C26H37FN4OS/c1-18(28-2)16-29-24(20-7-4-3-5-8-20)26(32)31-14-6-9-23(31)25-30-22(17-33-25)15-19-10-12-21(27)13-11-19/h10-13,17-18,20,23-24,28-29H,3-9,14-16H2,1-2H3/t18-,23-,24-/m0/s1. The summed E-state index contributed by atoms with van der Waals surface area (Å²) in [5, 5.41) is 10.0. The van der Waals surface area contributed by atoms with Crippen molar-refractivity contribution < 1.29 is 9.18 Å². The van der Waals surface area contributed by atoms with Gasteiger partial charge in [0.1, 0.15) is 10.8 Å². The molecule has 0 radical (unpaired) electrons. The smallest absolute Gasteiger partial charge is 0.240 e. The molecule has 4 rings (SSSR count). The molecule has 0 spiro atoms. The Kier molecular flexibility index (Phi) is 8.50. The maximum atomic E-state index is 13.8. The molecular weight excluding hydrogens is 435 g/mol. The van der Waals surface area contributed by atoms with Crippen molar-refractivity contribution in [2.45, 2.75) is 76.4 Å². The van der Waals surface area contributed by atoms with Crippen LogP contribution >= 0.6 is 11.3 Å². The third-order valence-corrected chi connectivity index (χ3v) is 8.21. The second-order valence-corrected chi connectivity index (χ2v) is 10.5. The van der Waals surface area contributed by atoms with E-state index in [9.17, 15) is 9.18 Å². The molecule has 2 aromatic rings. The van der Waals surface area contributed by atoms with Crippen LogP contribution in [-0.2, 0) is 11.2 Å². The van der Waals surface area contributed by atoms with Crippen molar-refractivity contribution >= 4 is 17.2 Å². The molecule has 7 heteroatoms. The van der Waals surface area contributed by atoms with Gasteiger partial charge < -0.3 is 15.5 Å². The van der Waals surface area contributed by atoms with Gasteiger partial charge in [-0.25, -0.2) is 9.37 Å². The number of rotatable bonds is 9. The number of thiazole rings is 1. The first-order chi connectivity index (χ1) is 16.0. The number of halogens is 1. The average Bonchev–Trinajstić information content (AvgIpc) is 3.50. The fourth-order valence-electron chi connectivity index (χ4n) is 5.16. The topological polar surface area (TPSA) is 57.3 Å². The molecular formula is C26H37FN4OS. The Morgan fingerprint density at radius 3 is 2.67 bits per heavy atom. The van der Waals surface area contributed by atoms with E-state index in [1.807, 2.05) is 19.2 Å². The summed E-state index contributed by atoms with van der Waals surface area (Å²) in [6.45, 7) is 3.75. The second-order valence-electron chi connectivity index (χ2n) is 9.64. The zero-order valence-corrected chi connectivity index (χ0v) is 20.7. The van der Waals surface area contributed by atoms with Crippen molar-refractivity contribution in [3.8, 4) is 0 Å². The molecule has 1 aromatic heterocycles.